The molecule has 0 atom stereocenters. The van der Waals surface area contributed by atoms with Gasteiger partial charge in [-0.25, -0.2) is 0 Å². The SMILES string of the molecule is [2H]c1c([2H])c([2H])c(-c2cc3c4c(c2)c2cc(-n5c6c([2H])c([2H])c([2H])c([2H])c6c6c([2H])c([2H])c([2H])c([2H])c65)ccc2n4-c2cc4c(c5c2B3c2ccc(-n3c6c([2H])c([2H])c([2H])c([2H])c6c6c([2H])c([2H])c([2H])c([2H])c63)cc2N5c2ccc(-c3ccccc3)cc2)c2cccc3c5ccccc5c5ccccc5c5ccccc5n4c32)c([2H])c1[2H]. The van der Waals surface area contributed by atoms with Crippen molar-refractivity contribution >= 4 is 165 Å². The molecule has 96 heavy (non-hydrogen) atoms. The van der Waals surface area contributed by atoms with Crippen molar-refractivity contribution in [2.75, 3.05) is 4.90 Å². The molecule has 0 spiro atoms. The van der Waals surface area contributed by atoms with E-state index in [0.717, 1.165) is 76.2 Å². The highest BCUT2D eigenvalue weighted by Gasteiger charge is 2.45. The van der Waals surface area contributed by atoms with Gasteiger partial charge in [0.05, 0.1) is 78.6 Å². The Morgan fingerprint density at radius 3 is 1.44 bits per heavy atom. The predicted molar refractivity (Wildman–Crippen MR) is 407 cm³/mol. The van der Waals surface area contributed by atoms with Crippen LogP contribution in [0.3, 0.4) is 0 Å². The van der Waals surface area contributed by atoms with Gasteiger partial charge in [0.1, 0.15) is 0 Å². The summed E-state index contributed by atoms with van der Waals surface area (Å²) in [5, 5.41) is 7.78. The summed E-state index contributed by atoms with van der Waals surface area (Å²) in [5.41, 5.74) is 9.88. The number of hydrogen-bond donors (Lipinski definition) is 0. The largest absolute Gasteiger partial charge is 0.311 e. The normalized spacial score (nSPS) is 15.8. The van der Waals surface area contributed by atoms with Crippen LogP contribution < -0.4 is 21.3 Å². The Balaban J connectivity index is 0.981. The first kappa shape index (κ1) is 36.0. The maximum absolute atomic E-state index is 9.80. The van der Waals surface area contributed by atoms with E-state index in [9.17, 15) is 19.2 Å². The van der Waals surface area contributed by atoms with E-state index in [2.05, 4.69) is 74.5 Å². The van der Waals surface area contributed by atoms with E-state index in [-0.39, 0.29) is 66.1 Å². The summed E-state index contributed by atoms with van der Waals surface area (Å²) >= 11 is 0. The van der Waals surface area contributed by atoms with Crippen LogP contribution in [0.25, 0.3) is 164 Å². The molecule has 5 nitrogen and oxygen atoms in total. The molecule has 6 heteroatoms. The Hall–Kier alpha value is -12.6. The summed E-state index contributed by atoms with van der Waals surface area (Å²) in [7, 11) is 0. The second-order valence-electron chi connectivity index (χ2n) is 24.7. The van der Waals surface area contributed by atoms with Crippen LogP contribution in [-0.4, -0.2) is 24.8 Å². The third-order valence-corrected chi connectivity index (χ3v) is 20.0. The Labute approximate surface area is 581 Å². The van der Waals surface area contributed by atoms with Gasteiger partial charge in [-0.15, -0.1) is 0 Å². The zero-order valence-corrected chi connectivity index (χ0v) is 50.4. The molecule has 0 saturated heterocycles. The topological polar surface area (TPSA) is 22.4 Å². The number of aromatic nitrogens is 4. The van der Waals surface area contributed by atoms with Crippen LogP contribution in [0.5, 0.6) is 0 Å². The molecule has 0 bridgehead atoms. The molecule has 0 radical (unpaired) electrons. The molecule has 0 N–H and O–H groups in total. The molecule has 7 heterocycles. The number of anilines is 3. The lowest BCUT2D eigenvalue weighted by molar-refractivity contribution is 1.16. The Kier molecular flexibility index (Phi) is 7.30. The van der Waals surface area contributed by atoms with Crippen LogP contribution in [-0.2, 0) is 0 Å². The lowest BCUT2D eigenvalue weighted by atomic mass is 9.33. The molecule has 0 amide bonds. The van der Waals surface area contributed by atoms with Gasteiger partial charge in [-0.2, -0.15) is 0 Å². The minimum absolute atomic E-state index is 0.101. The second-order valence-corrected chi connectivity index (χ2v) is 24.7. The number of benzene rings is 15. The lowest BCUT2D eigenvalue weighted by Gasteiger charge is -2.41. The van der Waals surface area contributed by atoms with Gasteiger partial charge in [0.15, 0.2) is 0 Å². The predicted octanol–water partition coefficient (Wildman–Crippen LogP) is 21.5. The van der Waals surface area contributed by atoms with Crippen LogP contribution >= 0.6 is 0 Å². The fourth-order valence-electron chi connectivity index (χ4n) is 16.3. The minimum atomic E-state index is -0.927. The first-order valence-electron chi connectivity index (χ1n) is 42.1. The minimum Gasteiger partial charge on any atom is -0.311 e. The average Bonchev–Trinajstić information content (AvgIpc) is 1.40. The Bertz CT molecular complexity index is 7990. The van der Waals surface area contributed by atoms with E-state index >= 15 is 0 Å². The van der Waals surface area contributed by atoms with Crippen LogP contribution in [0.2, 0.25) is 0 Å². The van der Waals surface area contributed by atoms with E-state index in [1.807, 2.05) is 115 Å². The molecule has 22 rings (SSSR count). The average molecular weight is 1240 g/mol. The number of rotatable bonds is 5. The molecule has 0 unspecified atom stereocenters. The highest BCUT2D eigenvalue weighted by molar-refractivity contribution is 7.00. The lowest BCUT2D eigenvalue weighted by Crippen LogP contribution is -2.60. The molecule has 5 aromatic heterocycles. The summed E-state index contributed by atoms with van der Waals surface area (Å²) in [6, 6.07) is 54.6. The van der Waals surface area contributed by atoms with Crippen molar-refractivity contribution in [1.82, 2.24) is 18.1 Å². The zero-order chi connectivity index (χ0) is 80.7. The molecule has 0 fully saturated rings. The van der Waals surface area contributed by atoms with Gasteiger partial charge in [0, 0.05) is 87.8 Å². The van der Waals surface area contributed by atoms with Crippen molar-refractivity contribution in [3.8, 4) is 39.3 Å². The van der Waals surface area contributed by atoms with Crippen molar-refractivity contribution in [2.45, 2.75) is 0 Å². The van der Waals surface area contributed by atoms with Gasteiger partial charge < -0.3 is 23.0 Å². The van der Waals surface area contributed by atoms with E-state index in [1.165, 1.54) is 9.13 Å². The van der Waals surface area contributed by atoms with Gasteiger partial charge in [0.25, 0.3) is 6.71 Å². The summed E-state index contributed by atoms with van der Waals surface area (Å²) < 4.78 is 204. The fourth-order valence-corrected chi connectivity index (χ4v) is 16.3. The molecule has 20 aromatic rings. The highest BCUT2D eigenvalue weighted by Crippen LogP contribution is 2.51. The van der Waals surface area contributed by atoms with Crippen LogP contribution in [0, 0.1) is 0 Å². The van der Waals surface area contributed by atoms with Crippen LogP contribution in [0.15, 0.2) is 327 Å². The molecular formula is C90H54BN5. The standard InChI is InChI=1S/C90H54BN5/c1-3-22-55(23-4-1)57-42-44-59(45-43-57)94-83-53-61(93-79-39-18-14-33-69(79)70-34-15-19-40-80(70)93)46-48-75(83)91-76-51-58(56-24-5-2-6-25-56)50-74-73-52-60(92-77-37-16-12-31-67(77)68-32-13-17-38-78(68)92)47-49-82(73)96(89(74)76)85-54-84-86(90(94)87(85)91)72-36-21-35-71-65-29-10-8-27-63(65)62-26-7-9-28-64(62)66-30-11-20-41-81(66)95(84)88(71)72/h1-54H/i2D,5D,6D,12D,13D,14D,15D,16D,17D,18D,19D,24D,25D,31D,32D,33D,34D,37D,38D,39D,40D. The van der Waals surface area contributed by atoms with Crippen molar-refractivity contribution in [1.29, 1.82) is 0 Å². The third-order valence-electron chi connectivity index (χ3n) is 20.0. The van der Waals surface area contributed by atoms with Crippen molar-refractivity contribution < 1.29 is 28.8 Å². The second kappa shape index (κ2) is 19.5. The van der Waals surface area contributed by atoms with E-state index in [1.54, 1.807) is 24.3 Å². The van der Waals surface area contributed by atoms with Crippen molar-refractivity contribution in [3.05, 3.63) is 327 Å². The maximum Gasteiger partial charge on any atom is 0.252 e. The summed E-state index contributed by atoms with van der Waals surface area (Å²) in [5.74, 6) is 0. The van der Waals surface area contributed by atoms with Gasteiger partial charge in [-0.3, -0.25) is 0 Å². The summed E-state index contributed by atoms with van der Waals surface area (Å²) in [6.07, 6.45) is 0. The maximum atomic E-state index is 9.80. The number of fused-ring (bicyclic) bond motifs is 24. The van der Waals surface area contributed by atoms with Gasteiger partial charge in [0.2, 0.25) is 0 Å². The molecule has 15 aromatic carbocycles. The Morgan fingerprint density at radius 2 is 0.781 bits per heavy atom. The number of hydrogen-bond acceptors (Lipinski definition) is 1. The van der Waals surface area contributed by atoms with E-state index in [4.69, 9.17) is 9.60 Å². The molecule has 2 aliphatic rings. The molecule has 0 aliphatic carbocycles. The van der Waals surface area contributed by atoms with Crippen molar-refractivity contribution in [3.63, 3.8) is 0 Å². The molecule has 0 saturated carbocycles. The highest BCUT2D eigenvalue weighted by atomic mass is 15.2. The van der Waals surface area contributed by atoms with Crippen LogP contribution in [0.1, 0.15) is 28.8 Å². The smallest absolute Gasteiger partial charge is 0.252 e. The zero-order valence-electron chi connectivity index (χ0n) is 71.4. The number of para-hydroxylation sites is 6. The number of nitrogens with zero attached hydrogens (tertiary/aromatic N) is 5. The molecular weight excluding hydrogens is 1160 g/mol. The quantitative estimate of drug-likeness (QED) is 0.157. The first-order valence-corrected chi connectivity index (χ1v) is 31.6. The van der Waals surface area contributed by atoms with E-state index < -0.39 is 134 Å². The molecule has 2 aliphatic heterocycles. The monoisotopic (exact) mass is 1240 g/mol. The summed E-state index contributed by atoms with van der Waals surface area (Å²) in [6.45, 7) is -0.927. The van der Waals surface area contributed by atoms with E-state index in [0.29, 0.717) is 55.5 Å². The van der Waals surface area contributed by atoms with Gasteiger partial charge in [-0.05, 0) is 145 Å². The first-order chi connectivity index (χ1) is 56.4. The third kappa shape index (κ3) is 6.98. The van der Waals surface area contributed by atoms with Crippen LogP contribution in [0.4, 0.5) is 17.1 Å². The van der Waals surface area contributed by atoms with Gasteiger partial charge >= 0.3 is 0 Å². The molecule has 442 valence electrons. The van der Waals surface area contributed by atoms with Gasteiger partial charge in [-0.1, -0.05) is 242 Å². The summed E-state index contributed by atoms with van der Waals surface area (Å²) in [4.78, 5) is 2.19. The fraction of sp³-hybridized carbons (Fsp3) is 0. The Morgan fingerprint density at radius 1 is 0.260 bits per heavy atom. The van der Waals surface area contributed by atoms with Crippen molar-refractivity contribution in [2.24, 2.45) is 0 Å².